The summed E-state index contributed by atoms with van der Waals surface area (Å²) in [6, 6.07) is 8.84. The summed E-state index contributed by atoms with van der Waals surface area (Å²) in [6.07, 6.45) is -2.85. The Balaban J connectivity index is 1.98. The number of benzene rings is 1. The van der Waals surface area contributed by atoms with Crippen LogP contribution in [0, 0.1) is 11.8 Å². The second-order valence-electron chi connectivity index (χ2n) is 10.0. The predicted molar refractivity (Wildman–Crippen MR) is 144 cm³/mol. The first-order chi connectivity index (χ1) is 19.9. The van der Waals surface area contributed by atoms with Gasteiger partial charge in [0.1, 0.15) is 6.10 Å². The zero-order valence-electron chi connectivity index (χ0n) is 23.6. The average molecular weight is 587 g/mol. The number of carbonyl (C=O) groups excluding carboxylic acids is 4. The number of pyridine rings is 1. The molecule has 13 nitrogen and oxygen atoms in total. The summed E-state index contributed by atoms with van der Waals surface area (Å²) in [5, 5.41) is 22.0. The van der Waals surface area contributed by atoms with Crippen LogP contribution in [0.4, 0.5) is 0 Å². The van der Waals surface area contributed by atoms with Crippen LogP contribution in [0.25, 0.3) is 0 Å². The topological polar surface area (TPSA) is 188 Å². The van der Waals surface area contributed by atoms with E-state index in [1.165, 1.54) is 26.3 Å². The fourth-order valence-electron chi connectivity index (χ4n) is 4.40. The fourth-order valence-corrected chi connectivity index (χ4v) is 4.40. The van der Waals surface area contributed by atoms with E-state index < -0.39 is 71.7 Å². The Morgan fingerprint density at radius 2 is 1.81 bits per heavy atom. The average Bonchev–Trinajstić information content (AvgIpc) is 2.98. The number of rotatable bonds is 11. The predicted octanol–water partition coefficient (Wildman–Crippen LogP) is 1.69. The molecule has 42 heavy (non-hydrogen) atoms. The van der Waals surface area contributed by atoms with Crippen molar-refractivity contribution in [1.29, 1.82) is 0 Å². The number of hydrogen-bond donors (Lipinski definition) is 3. The molecule has 0 radical (unpaired) electrons. The first kappa shape index (κ1) is 32.0. The number of aliphatic hydroxyl groups excluding tert-OH is 1. The summed E-state index contributed by atoms with van der Waals surface area (Å²) in [6.45, 7) is 4.03. The number of methoxy groups -OCH3 is 1. The lowest BCUT2D eigenvalue weighted by Gasteiger charge is -2.28. The van der Waals surface area contributed by atoms with Gasteiger partial charge in [-0.1, -0.05) is 37.3 Å². The van der Waals surface area contributed by atoms with E-state index in [4.69, 9.17) is 18.9 Å². The molecule has 3 unspecified atom stereocenters. The highest BCUT2D eigenvalue weighted by atomic mass is 16.6. The highest BCUT2D eigenvalue weighted by Gasteiger charge is 2.41. The second-order valence-corrected chi connectivity index (χ2v) is 10.0. The normalized spacial score (nSPS) is 22.2. The largest absolute Gasteiger partial charge is 0.493 e. The summed E-state index contributed by atoms with van der Waals surface area (Å²) in [4.78, 5) is 67.5. The summed E-state index contributed by atoms with van der Waals surface area (Å²) >= 11 is 0. The van der Waals surface area contributed by atoms with Crippen molar-refractivity contribution in [1.82, 2.24) is 10.3 Å². The lowest BCUT2D eigenvalue weighted by atomic mass is 9.94. The number of carboxylic acids is 1. The number of amides is 1. The number of Topliss-reactive ketones (excluding diaryl/α,β-unsaturated/α-hetero) is 1. The van der Waals surface area contributed by atoms with E-state index in [1.54, 1.807) is 6.92 Å². The van der Waals surface area contributed by atoms with E-state index in [0.717, 1.165) is 12.5 Å². The van der Waals surface area contributed by atoms with E-state index in [0.29, 0.717) is 0 Å². The van der Waals surface area contributed by atoms with Crippen molar-refractivity contribution in [3.63, 3.8) is 0 Å². The van der Waals surface area contributed by atoms with Gasteiger partial charge in [0.2, 0.25) is 0 Å². The van der Waals surface area contributed by atoms with Gasteiger partial charge < -0.3 is 34.5 Å². The number of carbonyl (C=O) groups is 5. The second kappa shape index (κ2) is 14.4. The van der Waals surface area contributed by atoms with E-state index in [9.17, 15) is 34.2 Å². The molecule has 0 bridgehead atoms. The molecule has 1 aliphatic rings. The minimum Gasteiger partial charge on any atom is -0.493 e. The number of cyclic esters (lactones) is 2. The number of ether oxygens (including phenoxy) is 4. The number of esters is 2. The summed E-state index contributed by atoms with van der Waals surface area (Å²) < 4.78 is 21.7. The van der Waals surface area contributed by atoms with Gasteiger partial charge in [0.05, 0.1) is 25.0 Å². The molecule has 1 aromatic heterocycles. The minimum atomic E-state index is -1.95. The first-order valence-electron chi connectivity index (χ1n) is 13.3. The molecule has 1 saturated heterocycles. The quantitative estimate of drug-likeness (QED) is 0.256. The Morgan fingerprint density at radius 3 is 2.43 bits per heavy atom. The fraction of sp³-hybridized carbons (Fsp3) is 0.448. The number of nitrogens with one attached hydrogen (secondary N) is 1. The molecule has 3 N–H and O–H groups in total. The molecular formula is C29H34N2O11. The van der Waals surface area contributed by atoms with Gasteiger partial charge in [-0.25, -0.2) is 9.78 Å². The highest BCUT2D eigenvalue weighted by molar-refractivity contribution is 5.98. The highest BCUT2D eigenvalue weighted by Crippen LogP contribution is 2.31. The van der Waals surface area contributed by atoms with Crippen molar-refractivity contribution in [3.05, 3.63) is 53.9 Å². The van der Waals surface area contributed by atoms with Gasteiger partial charge in [-0.15, -0.1) is 0 Å². The molecule has 2 heterocycles. The molecule has 0 aliphatic carbocycles. The molecule has 1 fully saturated rings. The van der Waals surface area contributed by atoms with Crippen LogP contribution < -0.4 is 14.8 Å². The van der Waals surface area contributed by atoms with Gasteiger partial charge in [0.15, 0.2) is 29.0 Å². The van der Waals surface area contributed by atoms with Crippen LogP contribution in [0.1, 0.15) is 49.7 Å². The smallest absolute Gasteiger partial charge is 0.332 e. The number of carboxylic acid groups (broad SMARTS) is 1. The number of nitrogens with zero attached hydrogens (tertiary/aromatic N) is 1. The number of ketones is 1. The van der Waals surface area contributed by atoms with Crippen LogP contribution >= 0.6 is 0 Å². The van der Waals surface area contributed by atoms with Gasteiger partial charge in [0.25, 0.3) is 12.2 Å². The summed E-state index contributed by atoms with van der Waals surface area (Å²) in [7, 11) is 1.26. The monoisotopic (exact) mass is 586 g/mol. The van der Waals surface area contributed by atoms with Crippen molar-refractivity contribution in [2.75, 3.05) is 7.11 Å². The first-order valence-corrected chi connectivity index (χ1v) is 13.3. The van der Waals surface area contributed by atoms with E-state index in [1.807, 2.05) is 30.3 Å². The molecule has 226 valence electrons. The Labute approximate surface area is 242 Å². The number of aliphatic carboxylic acids is 1. The van der Waals surface area contributed by atoms with Crippen molar-refractivity contribution in [3.8, 4) is 11.5 Å². The lowest BCUT2D eigenvalue weighted by Crippen LogP contribution is -2.52. The Morgan fingerprint density at radius 1 is 1.12 bits per heavy atom. The Kier molecular flexibility index (Phi) is 11.0. The van der Waals surface area contributed by atoms with Gasteiger partial charge in [-0.05, 0) is 25.3 Å². The number of aromatic nitrogens is 1. The third-order valence-electron chi connectivity index (χ3n) is 6.66. The van der Waals surface area contributed by atoms with Crippen molar-refractivity contribution in [2.24, 2.45) is 11.8 Å². The zero-order chi connectivity index (χ0) is 31.0. The molecule has 3 rings (SSSR count). The van der Waals surface area contributed by atoms with Crippen LogP contribution in [0.2, 0.25) is 0 Å². The molecule has 2 aromatic rings. The molecule has 1 amide bonds. The van der Waals surface area contributed by atoms with Crippen LogP contribution in [-0.2, 0) is 35.1 Å². The van der Waals surface area contributed by atoms with Crippen LogP contribution in [-0.4, -0.2) is 76.4 Å². The van der Waals surface area contributed by atoms with E-state index in [-0.39, 0.29) is 30.8 Å². The van der Waals surface area contributed by atoms with Crippen LogP contribution in [0.15, 0.2) is 42.6 Å². The number of hydrogen-bond acceptors (Lipinski definition) is 11. The maximum Gasteiger partial charge on any atom is 0.332 e. The SMILES string of the molecule is COc1ccnc(C(=O)N[C@@H]2C(=O)O[C@@H](C)C[C@@H](Cc3ccccc3)C(=O)OC2CC(C)C(=O)O)c1OC(O)C(C)=O. The van der Waals surface area contributed by atoms with Gasteiger partial charge >= 0.3 is 17.9 Å². The number of aliphatic hydroxyl groups is 1. The maximum absolute atomic E-state index is 13.5. The van der Waals surface area contributed by atoms with Gasteiger partial charge in [-0.2, -0.15) is 0 Å². The molecular weight excluding hydrogens is 552 g/mol. The molecule has 1 aliphatic heterocycles. The van der Waals surface area contributed by atoms with Crippen molar-refractivity contribution >= 4 is 29.6 Å². The third-order valence-corrected chi connectivity index (χ3v) is 6.66. The lowest BCUT2D eigenvalue weighted by molar-refractivity contribution is -0.161. The minimum absolute atomic E-state index is 0.0488. The summed E-state index contributed by atoms with van der Waals surface area (Å²) in [5.74, 6) is -6.87. The Hall–Kier alpha value is -4.52. The standard InChI is InChI=1S/C29H34N2O11/c1-15(26(34)35)12-21-22(31-25(33)23-24(42-27(36)17(3)32)20(39-4)10-11-30-23)29(38)40-16(2)13-19(28(37)41-21)14-18-8-6-5-7-9-18/h5-11,15-16,19,21-22,27,36H,12-14H2,1-4H3,(H,31,33)(H,34,35)/t15?,16-,19-,21?,22-,27?/m0/s1. The summed E-state index contributed by atoms with van der Waals surface area (Å²) in [5.41, 5.74) is 0.385. The van der Waals surface area contributed by atoms with Crippen molar-refractivity contribution in [2.45, 2.75) is 64.6 Å². The van der Waals surface area contributed by atoms with Crippen molar-refractivity contribution < 1.29 is 53.1 Å². The Bertz CT molecular complexity index is 1300. The van der Waals surface area contributed by atoms with Crippen LogP contribution in [0.5, 0.6) is 11.5 Å². The van der Waals surface area contributed by atoms with Gasteiger partial charge in [0, 0.05) is 25.6 Å². The van der Waals surface area contributed by atoms with E-state index in [2.05, 4.69) is 10.3 Å². The molecule has 6 atom stereocenters. The molecule has 0 spiro atoms. The molecule has 1 aromatic carbocycles. The van der Waals surface area contributed by atoms with Crippen LogP contribution in [0.3, 0.4) is 0 Å². The molecule has 13 heteroatoms. The zero-order valence-corrected chi connectivity index (χ0v) is 23.6. The van der Waals surface area contributed by atoms with E-state index >= 15 is 0 Å². The maximum atomic E-state index is 13.5. The molecule has 0 saturated carbocycles. The third kappa shape index (κ3) is 8.26. The van der Waals surface area contributed by atoms with Gasteiger partial charge in [-0.3, -0.25) is 19.2 Å².